The van der Waals surface area contributed by atoms with Crippen molar-refractivity contribution in [2.45, 2.75) is 38.6 Å². The van der Waals surface area contributed by atoms with Gasteiger partial charge in [0.15, 0.2) is 0 Å². The normalized spacial score (nSPS) is 18.8. The number of aryl methyl sites for hydroxylation is 1. The van der Waals surface area contributed by atoms with Crippen molar-refractivity contribution in [3.05, 3.63) is 68.2 Å². The number of para-hydroxylation sites is 1. The maximum atomic E-state index is 12.6. The van der Waals surface area contributed by atoms with Gasteiger partial charge in [-0.1, -0.05) is 53.4 Å². The van der Waals surface area contributed by atoms with Crippen LogP contribution >= 0.6 is 34.8 Å². The first-order valence-corrected chi connectivity index (χ1v) is 10.2. The molecule has 0 bridgehead atoms. The van der Waals surface area contributed by atoms with Crippen LogP contribution in [0.3, 0.4) is 0 Å². The summed E-state index contributed by atoms with van der Waals surface area (Å²) < 4.78 is 5.12. The molecule has 0 spiro atoms. The molecule has 1 aliphatic carbocycles. The minimum Gasteiger partial charge on any atom is -0.428 e. The van der Waals surface area contributed by atoms with Crippen molar-refractivity contribution in [3.63, 3.8) is 0 Å². The molecule has 1 aromatic heterocycles. The summed E-state index contributed by atoms with van der Waals surface area (Å²) in [6, 6.07) is 8.38. The number of halogens is 3. The molecule has 1 heterocycles. The molecule has 0 aliphatic heterocycles. The van der Waals surface area contributed by atoms with Crippen LogP contribution in [0.1, 0.15) is 37.0 Å². The molecule has 148 valence electrons. The number of anilines is 1. The molecule has 2 aromatic rings. The van der Waals surface area contributed by atoms with Gasteiger partial charge < -0.3 is 9.73 Å². The topological polar surface area (TPSA) is 59.3 Å². The van der Waals surface area contributed by atoms with Gasteiger partial charge in [-0.15, -0.1) is 0 Å². The van der Waals surface area contributed by atoms with Gasteiger partial charge in [-0.2, -0.15) is 0 Å². The third-order valence-electron chi connectivity index (χ3n) is 4.82. The average molecular weight is 441 g/mol. The molecule has 28 heavy (non-hydrogen) atoms. The molecule has 0 amide bonds. The molecule has 0 saturated heterocycles. The SMILES string of the molecule is Cc1cc(Cl)c(/C(Cl)=C/[C@@H](Nc2ccccc2Cl)[C@@H]2CCCCC2=O)c(=O)o1. The quantitative estimate of drug-likeness (QED) is 0.612. The highest BCUT2D eigenvalue weighted by Crippen LogP contribution is 2.32. The van der Waals surface area contributed by atoms with E-state index in [9.17, 15) is 9.59 Å². The van der Waals surface area contributed by atoms with Crippen LogP contribution in [0.25, 0.3) is 5.03 Å². The largest absolute Gasteiger partial charge is 0.428 e. The van der Waals surface area contributed by atoms with E-state index in [1.165, 1.54) is 6.07 Å². The molecule has 4 nitrogen and oxygen atoms in total. The van der Waals surface area contributed by atoms with Crippen LogP contribution < -0.4 is 10.9 Å². The summed E-state index contributed by atoms with van der Waals surface area (Å²) in [6.07, 6.45) is 4.77. The van der Waals surface area contributed by atoms with Crippen LogP contribution in [0, 0.1) is 12.8 Å². The van der Waals surface area contributed by atoms with E-state index in [4.69, 9.17) is 39.2 Å². The summed E-state index contributed by atoms with van der Waals surface area (Å²) in [4.78, 5) is 24.8. The number of benzene rings is 1. The Labute approximate surface area is 178 Å². The molecule has 7 heteroatoms. The number of ketones is 1. The number of hydrogen-bond donors (Lipinski definition) is 1. The maximum Gasteiger partial charge on any atom is 0.346 e. The van der Waals surface area contributed by atoms with Gasteiger partial charge >= 0.3 is 5.63 Å². The van der Waals surface area contributed by atoms with Crippen molar-refractivity contribution < 1.29 is 9.21 Å². The Kier molecular flexibility index (Phi) is 6.86. The zero-order valence-electron chi connectivity index (χ0n) is 15.3. The summed E-state index contributed by atoms with van der Waals surface area (Å²) in [5.41, 5.74) is 0.163. The minimum atomic E-state index is -0.613. The first-order chi connectivity index (χ1) is 13.4. The summed E-state index contributed by atoms with van der Waals surface area (Å²) in [7, 11) is 0. The fourth-order valence-electron chi connectivity index (χ4n) is 3.43. The first kappa shape index (κ1) is 21.0. The van der Waals surface area contributed by atoms with Crippen LogP contribution in [-0.2, 0) is 4.79 Å². The predicted octanol–water partition coefficient (Wildman–Crippen LogP) is 6.07. The van der Waals surface area contributed by atoms with Crippen LogP contribution in [0.5, 0.6) is 0 Å². The van der Waals surface area contributed by atoms with Gasteiger partial charge in [-0.3, -0.25) is 4.79 Å². The van der Waals surface area contributed by atoms with Gasteiger partial charge in [0.1, 0.15) is 11.5 Å². The van der Waals surface area contributed by atoms with E-state index in [0.717, 1.165) is 19.3 Å². The standard InChI is InChI=1S/C21H20Cl3NO3/c1-12-10-15(23)20(21(27)28-12)16(24)11-18(13-6-2-5-9-19(13)26)25-17-8-4-3-7-14(17)22/h3-4,7-8,10-11,13,18,25H,2,5-6,9H2,1H3/b16-11-/t13-,18+/m0/s1. The van der Waals surface area contributed by atoms with E-state index >= 15 is 0 Å². The lowest BCUT2D eigenvalue weighted by molar-refractivity contribution is -0.124. The van der Waals surface area contributed by atoms with E-state index < -0.39 is 11.7 Å². The second kappa shape index (κ2) is 9.17. The van der Waals surface area contributed by atoms with E-state index in [2.05, 4.69) is 5.32 Å². The Morgan fingerprint density at radius 1 is 1.21 bits per heavy atom. The molecular weight excluding hydrogens is 421 g/mol. The lowest BCUT2D eigenvalue weighted by atomic mass is 9.82. The number of Topliss-reactive ketones (excluding diaryl/α,β-unsaturated/α-hetero) is 1. The maximum absolute atomic E-state index is 12.6. The number of nitrogens with one attached hydrogen (secondary N) is 1. The highest BCUT2D eigenvalue weighted by molar-refractivity contribution is 6.50. The lowest BCUT2D eigenvalue weighted by Gasteiger charge is -2.29. The van der Waals surface area contributed by atoms with E-state index in [1.54, 1.807) is 19.1 Å². The molecule has 1 fully saturated rings. The Morgan fingerprint density at radius 3 is 2.64 bits per heavy atom. The van der Waals surface area contributed by atoms with Crippen LogP contribution in [0.4, 0.5) is 5.69 Å². The molecule has 0 unspecified atom stereocenters. The molecule has 1 aliphatic rings. The zero-order valence-corrected chi connectivity index (χ0v) is 17.6. The predicted molar refractivity (Wildman–Crippen MR) is 114 cm³/mol. The zero-order chi connectivity index (χ0) is 20.3. The summed E-state index contributed by atoms with van der Waals surface area (Å²) >= 11 is 19.0. The van der Waals surface area contributed by atoms with Gasteiger partial charge in [-0.25, -0.2) is 4.79 Å². The average Bonchev–Trinajstić information content (AvgIpc) is 2.62. The molecule has 2 atom stereocenters. The molecule has 1 aromatic carbocycles. The van der Waals surface area contributed by atoms with Crippen molar-refractivity contribution in [3.8, 4) is 0 Å². The van der Waals surface area contributed by atoms with Crippen molar-refractivity contribution >= 4 is 51.3 Å². The number of hydrogen-bond acceptors (Lipinski definition) is 4. The van der Waals surface area contributed by atoms with Crippen molar-refractivity contribution in [1.82, 2.24) is 0 Å². The van der Waals surface area contributed by atoms with Gasteiger partial charge in [0.2, 0.25) is 0 Å². The first-order valence-electron chi connectivity index (χ1n) is 9.08. The van der Waals surface area contributed by atoms with Crippen LogP contribution in [0.2, 0.25) is 10.0 Å². The second-order valence-corrected chi connectivity index (χ2v) is 8.07. The highest BCUT2D eigenvalue weighted by Gasteiger charge is 2.30. The summed E-state index contributed by atoms with van der Waals surface area (Å²) in [5, 5.41) is 4.19. The fourth-order valence-corrected chi connectivity index (χ4v) is 4.32. The van der Waals surface area contributed by atoms with Crippen LogP contribution in [0.15, 0.2) is 45.6 Å². The molecule has 1 saturated carbocycles. The molecule has 3 rings (SSSR count). The minimum absolute atomic E-state index is 0.0863. The van der Waals surface area contributed by atoms with E-state index in [-0.39, 0.29) is 27.3 Å². The highest BCUT2D eigenvalue weighted by atomic mass is 35.5. The number of carbonyl (C=O) groups is 1. The number of carbonyl (C=O) groups excluding carboxylic acids is 1. The Hall–Kier alpha value is -1.75. The molecule has 1 N–H and O–H groups in total. The monoisotopic (exact) mass is 439 g/mol. The summed E-state index contributed by atoms with van der Waals surface area (Å²) in [5.74, 6) is 0.296. The van der Waals surface area contributed by atoms with Gasteiger partial charge in [-0.05, 0) is 44.0 Å². The third kappa shape index (κ3) is 4.80. The third-order valence-corrected chi connectivity index (χ3v) is 5.77. The second-order valence-electron chi connectivity index (χ2n) is 6.85. The van der Waals surface area contributed by atoms with Crippen molar-refractivity contribution in [2.24, 2.45) is 5.92 Å². The van der Waals surface area contributed by atoms with Crippen molar-refractivity contribution in [2.75, 3.05) is 5.32 Å². The van der Waals surface area contributed by atoms with Gasteiger partial charge in [0.25, 0.3) is 0 Å². The van der Waals surface area contributed by atoms with Crippen LogP contribution in [-0.4, -0.2) is 11.8 Å². The van der Waals surface area contributed by atoms with Gasteiger partial charge in [0, 0.05) is 12.3 Å². The van der Waals surface area contributed by atoms with Crippen molar-refractivity contribution in [1.29, 1.82) is 0 Å². The Morgan fingerprint density at radius 2 is 1.96 bits per heavy atom. The smallest absolute Gasteiger partial charge is 0.346 e. The molecule has 0 radical (unpaired) electrons. The lowest BCUT2D eigenvalue weighted by Crippen LogP contribution is -2.35. The fraction of sp³-hybridized carbons (Fsp3) is 0.333. The van der Waals surface area contributed by atoms with E-state index in [0.29, 0.717) is 22.9 Å². The Balaban J connectivity index is 2.01. The number of rotatable bonds is 5. The molecular formula is C21H20Cl3NO3. The van der Waals surface area contributed by atoms with E-state index in [1.807, 2.05) is 18.2 Å². The Bertz CT molecular complexity index is 968. The van der Waals surface area contributed by atoms with Gasteiger partial charge in [0.05, 0.1) is 32.4 Å². The summed E-state index contributed by atoms with van der Waals surface area (Å²) in [6.45, 7) is 1.64.